The summed E-state index contributed by atoms with van der Waals surface area (Å²) in [4.78, 5) is 25.4. The molecule has 0 aromatic heterocycles. The van der Waals surface area contributed by atoms with Gasteiger partial charge in [0.2, 0.25) is 0 Å². The molecule has 7 nitrogen and oxygen atoms in total. The van der Waals surface area contributed by atoms with Gasteiger partial charge in [0.25, 0.3) is 11.8 Å². The van der Waals surface area contributed by atoms with Crippen molar-refractivity contribution >= 4 is 18.0 Å². The molecular weight excluding hydrogens is 466 g/mol. The van der Waals surface area contributed by atoms with E-state index in [9.17, 15) is 9.59 Å². The zero-order valence-electron chi connectivity index (χ0n) is 22.1. The number of nitrogens with zero attached hydrogens (tertiary/aromatic N) is 1. The van der Waals surface area contributed by atoms with Crippen LogP contribution in [0.25, 0.3) is 0 Å². The second kappa shape index (κ2) is 13.3. The Morgan fingerprint density at radius 1 is 0.892 bits per heavy atom. The molecular formula is C30H35N3O4. The topological polar surface area (TPSA) is 89.0 Å². The zero-order chi connectivity index (χ0) is 26.8. The average molecular weight is 502 g/mol. The standard InChI is InChI=1S/C30H35N3O4/c1-6-36-27-17-24(13-16-26(27)37-19-23-11-7-21(4)8-12-23)18-31-33-30(35)28(20(2)3)32-29(34)25-14-9-22(5)10-15-25/h7-18,20,28H,6,19H2,1-5H3,(H,32,34)(H,33,35)/b31-18-. The third-order valence-corrected chi connectivity index (χ3v) is 5.72. The van der Waals surface area contributed by atoms with Gasteiger partial charge in [-0.2, -0.15) is 5.10 Å². The van der Waals surface area contributed by atoms with Crippen LogP contribution in [0.15, 0.2) is 71.8 Å². The molecule has 0 aliphatic heterocycles. The van der Waals surface area contributed by atoms with Crippen LogP contribution in [0, 0.1) is 19.8 Å². The number of amides is 2. The highest BCUT2D eigenvalue weighted by Crippen LogP contribution is 2.29. The molecule has 0 heterocycles. The van der Waals surface area contributed by atoms with Gasteiger partial charge in [-0.15, -0.1) is 0 Å². The molecule has 0 saturated heterocycles. The number of hydrazone groups is 1. The third kappa shape index (κ3) is 8.20. The third-order valence-electron chi connectivity index (χ3n) is 5.72. The van der Waals surface area contributed by atoms with E-state index in [0.717, 1.165) is 16.7 Å². The van der Waals surface area contributed by atoms with Gasteiger partial charge in [0, 0.05) is 5.56 Å². The van der Waals surface area contributed by atoms with Crippen molar-refractivity contribution < 1.29 is 19.1 Å². The second-order valence-electron chi connectivity index (χ2n) is 9.21. The van der Waals surface area contributed by atoms with E-state index in [4.69, 9.17) is 9.47 Å². The lowest BCUT2D eigenvalue weighted by Crippen LogP contribution is -2.48. The predicted octanol–water partition coefficient (Wildman–Crippen LogP) is 5.19. The van der Waals surface area contributed by atoms with Gasteiger partial charge in [0.1, 0.15) is 12.6 Å². The molecule has 0 spiro atoms. The van der Waals surface area contributed by atoms with Gasteiger partial charge in [0.05, 0.1) is 12.8 Å². The highest BCUT2D eigenvalue weighted by atomic mass is 16.5. The number of ether oxygens (including phenoxy) is 2. The van der Waals surface area contributed by atoms with E-state index in [1.54, 1.807) is 12.1 Å². The maximum atomic E-state index is 12.8. The van der Waals surface area contributed by atoms with E-state index in [-0.39, 0.29) is 11.8 Å². The molecule has 194 valence electrons. The lowest BCUT2D eigenvalue weighted by Gasteiger charge is -2.20. The molecule has 7 heteroatoms. The summed E-state index contributed by atoms with van der Waals surface area (Å²) in [7, 11) is 0. The fourth-order valence-electron chi connectivity index (χ4n) is 3.54. The Balaban J connectivity index is 1.62. The monoisotopic (exact) mass is 501 g/mol. The molecule has 0 aliphatic rings. The summed E-state index contributed by atoms with van der Waals surface area (Å²) in [6.45, 7) is 10.5. The maximum absolute atomic E-state index is 12.8. The van der Waals surface area contributed by atoms with Crippen molar-refractivity contribution in [3.05, 3.63) is 94.5 Å². The maximum Gasteiger partial charge on any atom is 0.262 e. The highest BCUT2D eigenvalue weighted by molar-refractivity contribution is 5.97. The van der Waals surface area contributed by atoms with E-state index in [0.29, 0.717) is 30.3 Å². The van der Waals surface area contributed by atoms with Crippen LogP contribution >= 0.6 is 0 Å². The Kier molecular flexibility index (Phi) is 9.84. The largest absolute Gasteiger partial charge is 0.490 e. The molecule has 3 rings (SSSR count). The van der Waals surface area contributed by atoms with Crippen molar-refractivity contribution in [2.24, 2.45) is 11.0 Å². The molecule has 0 aliphatic carbocycles. The molecule has 3 aromatic carbocycles. The van der Waals surface area contributed by atoms with Gasteiger partial charge in [-0.3, -0.25) is 9.59 Å². The van der Waals surface area contributed by atoms with Gasteiger partial charge in [0.15, 0.2) is 11.5 Å². The second-order valence-corrected chi connectivity index (χ2v) is 9.21. The van der Waals surface area contributed by atoms with Gasteiger partial charge in [-0.25, -0.2) is 5.43 Å². The summed E-state index contributed by atoms with van der Waals surface area (Å²) in [5, 5.41) is 6.90. The average Bonchev–Trinajstić information content (AvgIpc) is 2.88. The Labute approximate surface area is 218 Å². The summed E-state index contributed by atoms with van der Waals surface area (Å²) < 4.78 is 11.7. The minimum atomic E-state index is -0.734. The molecule has 0 radical (unpaired) electrons. The number of carbonyl (C=O) groups excluding carboxylic acids is 2. The zero-order valence-corrected chi connectivity index (χ0v) is 22.1. The molecule has 3 aromatic rings. The van der Waals surface area contributed by atoms with Gasteiger partial charge >= 0.3 is 0 Å². The highest BCUT2D eigenvalue weighted by Gasteiger charge is 2.24. The number of nitrogens with one attached hydrogen (secondary N) is 2. The number of hydrogen-bond donors (Lipinski definition) is 2. The van der Waals surface area contributed by atoms with Crippen LogP contribution in [0.2, 0.25) is 0 Å². The van der Waals surface area contributed by atoms with Crippen LogP contribution in [0.4, 0.5) is 0 Å². The van der Waals surface area contributed by atoms with Gasteiger partial charge < -0.3 is 14.8 Å². The Bertz CT molecular complexity index is 1220. The Hall–Kier alpha value is -4.13. The van der Waals surface area contributed by atoms with E-state index >= 15 is 0 Å². The van der Waals surface area contributed by atoms with E-state index in [1.165, 1.54) is 11.8 Å². The van der Waals surface area contributed by atoms with Crippen molar-refractivity contribution in [3.8, 4) is 11.5 Å². The van der Waals surface area contributed by atoms with Crippen molar-refractivity contribution in [2.45, 2.75) is 47.3 Å². The molecule has 2 N–H and O–H groups in total. The number of carbonyl (C=O) groups is 2. The first kappa shape index (κ1) is 27.5. The molecule has 1 unspecified atom stereocenters. The normalized spacial score (nSPS) is 11.8. The Morgan fingerprint density at radius 2 is 1.54 bits per heavy atom. The lowest BCUT2D eigenvalue weighted by molar-refractivity contribution is -0.123. The van der Waals surface area contributed by atoms with Crippen molar-refractivity contribution in [2.75, 3.05) is 6.61 Å². The van der Waals surface area contributed by atoms with Crippen LogP contribution in [-0.4, -0.2) is 30.7 Å². The van der Waals surface area contributed by atoms with Crippen LogP contribution < -0.4 is 20.2 Å². The summed E-state index contributed by atoms with van der Waals surface area (Å²) in [6.07, 6.45) is 1.53. The van der Waals surface area contributed by atoms with E-state index in [1.807, 2.05) is 89.2 Å². The summed E-state index contributed by atoms with van der Waals surface area (Å²) in [6, 6.07) is 20.1. The van der Waals surface area contributed by atoms with Crippen LogP contribution in [-0.2, 0) is 11.4 Å². The lowest BCUT2D eigenvalue weighted by atomic mass is 10.0. The van der Waals surface area contributed by atoms with Crippen LogP contribution in [0.1, 0.15) is 53.4 Å². The summed E-state index contributed by atoms with van der Waals surface area (Å²) in [5.41, 5.74) is 7.09. The van der Waals surface area contributed by atoms with Crippen molar-refractivity contribution in [1.29, 1.82) is 0 Å². The first-order valence-corrected chi connectivity index (χ1v) is 12.4. The molecule has 1 atom stereocenters. The summed E-state index contributed by atoms with van der Waals surface area (Å²) in [5.74, 6) is 0.395. The molecule has 2 amide bonds. The minimum absolute atomic E-state index is 0.126. The Morgan fingerprint density at radius 3 is 2.16 bits per heavy atom. The number of hydrogen-bond acceptors (Lipinski definition) is 5. The van der Waals surface area contributed by atoms with Crippen molar-refractivity contribution in [3.63, 3.8) is 0 Å². The molecule has 0 saturated carbocycles. The quantitative estimate of drug-likeness (QED) is 0.280. The van der Waals surface area contributed by atoms with E-state index < -0.39 is 11.9 Å². The van der Waals surface area contributed by atoms with Gasteiger partial charge in [-0.1, -0.05) is 61.4 Å². The SMILES string of the molecule is CCOc1cc(/C=N\NC(=O)C(NC(=O)c2ccc(C)cc2)C(C)C)ccc1OCc1ccc(C)cc1. The van der Waals surface area contributed by atoms with Crippen molar-refractivity contribution in [1.82, 2.24) is 10.7 Å². The van der Waals surface area contributed by atoms with Crippen LogP contribution in [0.5, 0.6) is 11.5 Å². The van der Waals surface area contributed by atoms with E-state index in [2.05, 4.69) is 15.8 Å². The molecule has 0 fully saturated rings. The molecule has 0 bridgehead atoms. The van der Waals surface area contributed by atoms with Gasteiger partial charge in [-0.05, 0) is 68.1 Å². The minimum Gasteiger partial charge on any atom is -0.490 e. The number of aryl methyl sites for hydroxylation is 2. The first-order valence-electron chi connectivity index (χ1n) is 12.4. The first-order chi connectivity index (χ1) is 17.8. The number of benzene rings is 3. The predicted molar refractivity (Wildman–Crippen MR) is 146 cm³/mol. The molecule has 37 heavy (non-hydrogen) atoms. The fourth-order valence-corrected chi connectivity index (χ4v) is 3.54. The fraction of sp³-hybridized carbons (Fsp3) is 0.300. The van der Waals surface area contributed by atoms with Crippen LogP contribution in [0.3, 0.4) is 0 Å². The smallest absolute Gasteiger partial charge is 0.262 e. The number of rotatable bonds is 11. The summed E-state index contributed by atoms with van der Waals surface area (Å²) >= 11 is 0.